The van der Waals surface area contributed by atoms with Crippen molar-refractivity contribution in [2.24, 2.45) is 0 Å². The number of aliphatic hydroxyl groups excluding tert-OH is 1. The summed E-state index contributed by atoms with van der Waals surface area (Å²) in [6.45, 7) is 2.49. The zero-order valence-corrected chi connectivity index (χ0v) is 16.0. The number of carbonyl (C=O) groups excluding carboxylic acids is 1. The molecule has 5 heteroatoms. The molecule has 0 aliphatic rings. The highest BCUT2D eigenvalue weighted by Crippen LogP contribution is 2.29. The van der Waals surface area contributed by atoms with Crippen molar-refractivity contribution >= 4 is 5.97 Å². The van der Waals surface area contributed by atoms with E-state index in [0.717, 1.165) is 30.4 Å². The van der Waals surface area contributed by atoms with Gasteiger partial charge in [-0.1, -0.05) is 36.4 Å². The summed E-state index contributed by atoms with van der Waals surface area (Å²) in [5.74, 6) is 0.872. The summed E-state index contributed by atoms with van der Waals surface area (Å²) in [6, 6.07) is 15.9. The van der Waals surface area contributed by atoms with Crippen LogP contribution in [0.5, 0.6) is 11.5 Å². The van der Waals surface area contributed by atoms with E-state index in [0.29, 0.717) is 24.5 Å². The average molecular weight is 372 g/mol. The Morgan fingerprint density at radius 1 is 1.04 bits per heavy atom. The normalized spacial score (nSPS) is 11.7. The van der Waals surface area contributed by atoms with Crippen molar-refractivity contribution in [3.63, 3.8) is 0 Å². The van der Waals surface area contributed by atoms with Crippen molar-refractivity contribution in [1.29, 1.82) is 0 Å². The summed E-state index contributed by atoms with van der Waals surface area (Å²) in [5, 5.41) is 9.73. The number of aliphatic hydroxyl groups is 1. The summed E-state index contributed by atoms with van der Waals surface area (Å²) < 4.78 is 16.1. The van der Waals surface area contributed by atoms with Gasteiger partial charge < -0.3 is 19.3 Å². The highest BCUT2D eigenvalue weighted by Gasteiger charge is 2.15. The minimum atomic E-state index is -1.04. The molecule has 0 saturated carbocycles. The first-order valence-electron chi connectivity index (χ1n) is 9.32. The molecule has 1 atom stereocenters. The number of rotatable bonds is 11. The molecule has 2 aromatic carbocycles. The fourth-order valence-corrected chi connectivity index (χ4v) is 2.75. The Kier molecular flexibility index (Phi) is 8.65. The van der Waals surface area contributed by atoms with Gasteiger partial charge in [-0.3, -0.25) is 0 Å². The fraction of sp³-hybridized carbons (Fsp3) is 0.409. The van der Waals surface area contributed by atoms with Crippen molar-refractivity contribution in [3.8, 4) is 11.5 Å². The lowest BCUT2D eigenvalue weighted by Crippen LogP contribution is -2.22. The summed E-state index contributed by atoms with van der Waals surface area (Å²) in [4.78, 5) is 11.4. The van der Waals surface area contributed by atoms with Gasteiger partial charge in [0.1, 0.15) is 6.61 Å². The molecule has 0 heterocycles. The zero-order chi connectivity index (χ0) is 19.5. The lowest BCUT2D eigenvalue weighted by atomic mass is 10.0. The summed E-state index contributed by atoms with van der Waals surface area (Å²) in [7, 11) is 1.63. The lowest BCUT2D eigenvalue weighted by molar-refractivity contribution is -0.153. The van der Waals surface area contributed by atoms with Crippen molar-refractivity contribution in [2.75, 3.05) is 13.7 Å². The van der Waals surface area contributed by atoms with E-state index < -0.39 is 12.1 Å². The van der Waals surface area contributed by atoms with Crippen LogP contribution in [-0.2, 0) is 22.6 Å². The Morgan fingerprint density at radius 2 is 1.81 bits per heavy atom. The maximum absolute atomic E-state index is 11.4. The van der Waals surface area contributed by atoms with Crippen molar-refractivity contribution < 1.29 is 24.1 Å². The molecule has 0 aliphatic carbocycles. The van der Waals surface area contributed by atoms with Crippen LogP contribution in [0.3, 0.4) is 0 Å². The molecule has 0 saturated heterocycles. The average Bonchev–Trinajstić information content (AvgIpc) is 2.70. The Bertz CT molecular complexity index is 699. The minimum absolute atomic E-state index is 0.285. The van der Waals surface area contributed by atoms with Gasteiger partial charge in [0, 0.05) is 0 Å². The van der Waals surface area contributed by atoms with Crippen LogP contribution >= 0.6 is 0 Å². The number of benzene rings is 2. The van der Waals surface area contributed by atoms with E-state index in [1.165, 1.54) is 0 Å². The van der Waals surface area contributed by atoms with Gasteiger partial charge in [0.15, 0.2) is 17.6 Å². The Labute approximate surface area is 160 Å². The molecule has 1 unspecified atom stereocenters. The van der Waals surface area contributed by atoms with Gasteiger partial charge in [0.2, 0.25) is 0 Å². The SMILES string of the molecule is CCOC(=O)C(O)CCCCc1ccc(OC)c(OCc2ccccc2)c1. The first-order chi connectivity index (χ1) is 13.1. The first kappa shape index (κ1) is 20.8. The topological polar surface area (TPSA) is 65.0 Å². The second-order valence-corrected chi connectivity index (χ2v) is 6.27. The predicted octanol–water partition coefficient (Wildman–Crippen LogP) is 3.91. The molecule has 0 fully saturated rings. The second-order valence-electron chi connectivity index (χ2n) is 6.27. The minimum Gasteiger partial charge on any atom is -0.493 e. The molecule has 0 spiro atoms. The molecule has 2 aromatic rings. The second kappa shape index (κ2) is 11.2. The molecule has 1 N–H and O–H groups in total. The fourth-order valence-electron chi connectivity index (χ4n) is 2.75. The zero-order valence-electron chi connectivity index (χ0n) is 16.0. The molecule has 0 bridgehead atoms. The molecule has 0 amide bonds. The number of esters is 1. The van der Waals surface area contributed by atoms with Gasteiger partial charge >= 0.3 is 5.97 Å². The van der Waals surface area contributed by atoms with Crippen molar-refractivity contribution in [3.05, 3.63) is 59.7 Å². The van der Waals surface area contributed by atoms with Crippen LogP contribution in [0.15, 0.2) is 48.5 Å². The van der Waals surface area contributed by atoms with Crippen LogP contribution < -0.4 is 9.47 Å². The summed E-state index contributed by atoms with van der Waals surface area (Å²) in [6.07, 6.45) is 1.81. The third-order valence-electron chi connectivity index (χ3n) is 4.22. The van der Waals surface area contributed by atoms with Crippen LogP contribution in [0.25, 0.3) is 0 Å². The first-order valence-corrected chi connectivity index (χ1v) is 9.32. The van der Waals surface area contributed by atoms with Gasteiger partial charge in [-0.2, -0.15) is 0 Å². The molecule has 146 valence electrons. The van der Waals surface area contributed by atoms with E-state index in [1.54, 1.807) is 14.0 Å². The van der Waals surface area contributed by atoms with Crippen LogP contribution in [0, 0.1) is 0 Å². The van der Waals surface area contributed by atoms with Gasteiger partial charge in [0.25, 0.3) is 0 Å². The van der Waals surface area contributed by atoms with E-state index in [9.17, 15) is 9.90 Å². The van der Waals surface area contributed by atoms with E-state index in [4.69, 9.17) is 14.2 Å². The molecule has 5 nitrogen and oxygen atoms in total. The van der Waals surface area contributed by atoms with E-state index in [1.807, 2.05) is 48.5 Å². The van der Waals surface area contributed by atoms with E-state index in [-0.39, 0.29) is 6.61 Å². The van der Waals surface area contributed by atoms with Crippen LogP contribution in [-0.4, -0.2) is 30.9 Å². The van der Waals surface area contributed by atoms with Crippen LogP contribution in [0.2, 0.25) is 0 Å². The number of methoxy groups -OCH3 is 1. The predicted molar refractivity (Wildman–Crippen MR) is 104 cm³/mol. The Hall–Kier alpha value is -2.53. The lowest BCUT2D eigenvalue weighted by Gasteiger charge is -2.13. The number of carbonyl (C=O) groups is 1. The van der Waals surface area contributed by atoms with Gasteiger partial charge in [0.05, 0.1) is 13.7 Å². The highest BCUT2D eigenvalue weighted by molar-refractivity contribution is 5.74. The molecular formula is C22H28O5. The Morgan fingerprint density at radius 3 is 2.52 bits per heavy atom. The number of hydrogen-bond acceptors (Lipinski definition) is 5. The number of unbranched alkanes of at least 4 members (excludes halogenated alkanes) is 1. The largest absolute Gasteiger partial charge is 0.493 e. The number of aryl methyl sites for hydroxylation is 1. The molecule has 27 heavy (non-hydrogen) atoms. The van der Waals surface area contributed by atoms with Gasteiger partial charge in [-0.25, -0.2) is 4.79 Å². The smallest absolute Gasteiger partial charge is 0.334 e. The maximum Gasteiger partial charge on any atom is 0.334 e. The van der Waals surface area contributed by atoms with E-state index >= 15 is 0 Å². The van der Waals surface area contributed by atoms with Crippen molar-refractivity contribution in [1.82, 2.24) is 0 Å². The number of hydrogen-bond donors (Lipinski definition) is 1. The summed E-state index contributed by atoms with van der Waals surface area (Å²) >= 11 is 0. The molecule has 0 radical (unpaired) electrons. The van der Waals surface area contributed by atoms with E-state index in [2.05, 4.69) is 0 Å². The molecule has 0 aliphatic heterocycles. The third-order valence-corrected chi connectivity index (χ3v) is 4.22. The molecular weight excluding hydrogens is 344 g/mol. The summed E-state index contributed by atoms with van der Waals surface area (Å²) in [5.41, 5.74) is 2.22. The number of ether oxygens (including phenoxy) is 3. The monoisotopic (exact) mass is 372 g/mol. The molecule has 2 rings (SSSR count). The maximum atomic E-state index is 11.4. The van der Waals surface area contributed by atoms with Crippen molar-refractivity contribution in [2.45, 2.75) is 45.3 Å². The standard InChI is InChI=1S/C22H28O5/c1-3-26-22(24)19(23)12-8-7-9-17-13-14-20(25-2)21(15-17)27-16-18-10-5-4-6-11-18/h4-6,10-11,13-15,19,23H,3,7-9,12,16H2,1-2H3. The van der Waals surface area contributed by atoms with Gasteiger partial charge in [-0.05, 0) is 55.9 Å². The molecule has 0 aromatic heterocycles. The Balaban J connectivity index is 1.85. The quantitative estimate of drug-likeness (QED) is 0.478. The highest BCUT2D eigenvalue weighted by atomic mass is 16.5. The van der Waals surface area contributed by atoms with Crippen LogP contribution in [0.4, 0.5) is 0 Å². The third kappa shape index (κ3) is 6.94. The van der Waals surface area contributed by atoms with Gasteiger partial charge in [-0.15, -0.1) is 0 Å². The van der Waals surface area contributed by atoms with Crippen LogP contribution in [0.1, 0.15) is 37.3 Å².